The minimum absolute atomic E-state index is 0.607. The quantitative estimate of drug-likeness (QED) is 0.873. The third-order valence-corrected chi connectivity index (χ3v) is 4.71. The van der Waals surface area contributed by atoms with Crippen LogP contribution in [-0.4, -0.2) is 29.0 Å². The van der Waals surface area contributed by atoms with E-state index in [2.05, 4.69) is 30.9 Å². The number of piperidine rings is 1. The highest BCUT2D eigenvalue weighted by Gasteiger charge is 2.22. The van der Waals surface area contributed by atoms with Crippen LogP contribution in [0.15, 0.2) is 42.6 Å². The zero-order chi connectivity index (χ0) is 15.5. The van der Waals surface area contributed by atoms with Crippen LogP contribution in [-0.2, 0) is 0 Å². The van der Waals surface area contributed by atoms with E-state index in [1.807, 2.05) is 30.5 Å². The van der Waals surface area contributed by atoms with E-state index in [4.69, 9.17) is 10.7 Å². The number of rotatable bonds is 3. The molecule has 1 aliphatic rings. The number of benzene rings is 1. The van der Waals surface area contributed by atoms with Crippen LogP contribution >= 0.6 is 0 Å². The number of nitrogens with two attached hydrogens (primary N) is 1. The van der Waals surface area contributed by atoms with Gasteiger partial charge in [-0.15, -0.1) is 0 Å². The normalized spacial score (nSPS) is 17.0. The average molecular weight is 295 g/mol. The van der Waals surface area contributed by atoms with Gasteiger partial charge in [-0.05, 0) is 63.5 Å². The summed E-state index contributed by atoms with van der Waals surface area (Å²) in [6.45, 7) is 6.92. The van der Waals surface area contributed by atoms with Crippen molar-refractivity contribution in [1.82, 2.24) is 9.88 Å². The Hall–Kier alpha value is -1.87. The minimum atomic E-state index is 0.607. The van der Waals surface area contributed by atoms with Gasteiger partial charge in [0.15, 0.2) is 0 Å². The zero-order valence-corrected chi connectivity index (χ0v) is 13.5. The number of nitrogens with zero attached hydrogens (tertiary/aromatic N) is 2. The SMILES string of the molecule is CC(C)N1CCC(c2ccc(-c3ccc(N)cc3)cn2)CC1. The molecule has 1 aromatic heterocycles. The summed E-state index contributed by atoms with van der Waals surface area (Å²) < 4.78 is 0. The van der Waals surface area contributed by atoms with Crippen molar-refractivity contribution < 1.29 is 0 Å². The number of nitrogen functional groups attached to an aromatic ring is 1. The van der Waals surface area contributed by atoms with Gasteiger partial charge < -0.3 is 10.6 Å². The highest BCUT2D eigenvalue weighted by Crippen LogP contribution is 2.29. The number of hydrogen-bond donors (Lipinski definition) is 1. The third-order valence-electron chi connectivity index (χ3n) is 4.71. The number of pyridine rings is 1. The van der Waals surface area contributed by atoms with Crippen molar-refractivity contribution in [1.29, 1.82) is 0 Å². The molecule has 22 heavy (non-hydrogen) atoms. The Morgan fingerprint density at radius 3 is 2.18 bits per heavy atom. The van der Waals surface area contributed by atoms with Crippen molar-refractivity contribution in [2.24, 2.45) is 0 Å². The molecular formula is C19H25N3. The monoisotopic (exact) mass is 295 g/mol. The summed E-state index contributed by atoms with van der Waals surface area (Å²) in [5, 5.41) is 0. The molecule has 1 aromatic carbocycles. The third kappa shape index (κ3) is 3.30. The maximum Gasteiger partial charge on any atom is 0.0435 e. The van der Waals surface area contributed by atoms with E-state index in [9.17, 15) is 0 Å². The van der Waals surface area contributed by atoms with Gasteiger partial charge in [0.2, 0.25) is 0 Å². The van der Waals surface area contributed by atoms with E-state index >= 15 is 0 Å². The Balaban J connectivity index is 1.68. The zero-order valence-electron chi connectivity index (χ0n) is 13.5. The van der Waals surface area contributed by atoms with E-state index in [1.54, 1.807) is 0 Å². The van der Waals surface area contributed by atoms with Crippen molar-refractivity contribution in [2.45, 2.75) is 38.6 Å². The maximum absolute atomic E-state index is 5.74. The molecule has 1 aliphatic heterocycles. The second kappa shape index (κ2) is 6.49. The molecule has 0 amide bonds. The summed E-state index contributed by atoms with van der Waals surface area (Å²) in [5.41, 5.74) is 10.1. The molecule has 116 valence electrons. The molecule has 0 saturated carbocycles. The molecule has 0 spiro atoms. The first kappa shape index (κ1) is 15.0. The summed E-state index contributed by atoms with van der Waals surface area (Å²) in [4.78, 5) is 7.28. The molecule has 3 rings (SSSR count). The van der Waals surface area contributed by atoms with Crippen LogP contribution in [0, 0.1) is 0 Å². The van der Waals surface area contributed by atoms with Crippen LogP contribution < -0.4 is 5.73 Å². The lowest BCUT2D eigenvalue weighted by Crippen LogP contribution is -2.37. The van der Waals surface area contributed by atoms with Crippen LogP contribution in [0.5, 0.6) is 0 Å². The first-order valence-corrected chi connectivity index (χ1v) is 8.19. The highest BCUT2D eigenvalue weighted by molar-refractivity contribution is 5.64. The summed E-state index contributed by atoms with van der Waals surface area (Å²) in [6, 6.07) is 13.0. The Bertz CT molecular complexity index is 594. The molecule has 1 saturated heterocycles. The summed E-state index contributed by atoms with van der Waals surface area (Å²) in [6.07, 6.45) is 4.43. The lowest BCUT2D eigenvalue weighted by molar-refractivity contribution is 0.171. The molecule has 1 fully saturated rings. The Morgan fingerprint density at radius 1 is 1.00 bits per heavy atom. The van der Waals surface area contributed by atoms with E-state index in [1.165, 1.54) is 37.2 Å². The van der Waals surface area contributed by atoms with Crippen LogP contribution in [0.25, 0.3) is 11.1 Å². The summed E-state index contributed by atoms with van der Waals surface area (Å²) >= 11 is 0. The van der Waals surface area contributed by atoms with Crippen LogP contribution in [0.1, 0.15) is 38.3 Å². The molecule has 0 bridgehead atoms. The molecule has 2 heterocycles. The van der Waals surface area contributed by atoms with Crippen molar-refractivity contribution in [3.05, 3.63) is 48.3 Å². The second-order valence-corrected chi connectivity index (χ2v) is 6.50. The largest absolute Gasteiger partial charge is 0.399 e. The molecule has 0 aliphatic carbocycles. The van der Waals surface area contributed by atoms with Gasteiger partial charge in [-0.1, -0.05) is 18.2 Å². The summed E-state index contributed by atoms with van der Waals surface area (Å²) in [5.74, 6) is 0.607. The highest BCUT2D eigenvalue weighted by atomic mass is 15.1. The summed E-state index contributed by atoms with van der Waals surface area (Å²) in [7, 11) is 0. The molecule has 2 aromatic rings. The Morgan fingerprint density at radius 2 is 1.64 bits per heavy atom. The average Bonchev–Trinajstić information content (AvgIpc) is 2.56. The molecule has 3 heteroatoms. The number of likely N-dealkylation sites (tertiary alicyclic amines) is 1. The van der Waals surface area contributed by atoms with Crippen molar-refractivity contribution in [3.8, 4) is 11.1 Å². The fourth-order valence-corrected chi connectivity index (χ4v) is 3.20. The number of hydrogen-bond acceptors (Lipinski definition) is 3. The first-order chi connectivity index (χ1) is 10.6. The molecule has 3 nitrogen and oxygen atoms in total. The Kier molecular flexibility index (Phi) is 4.44. The van der Waals surface area contributed by atoms with Gasteiger partial charge in [0, 0.05) is 35.1 Å². The smallest absolute Gasteiger partial charge is 0.0435 e. The Labute approximate surface area is 133 Å². The van der Waals surface area contributed by atoms with Gasteiger partial charge in [0.1, 0.15) is 0 Å². The van der Waals surface area contributed by atoms with E-state index in [0.29, 0.717) is 12.0 Å². The molecule has 2 N–H and O–H groups in total. The molecule has 0 atom stereocenters. The van der Waals surface area contributed by atoms with E-state index in [-0.39, 0.29) is 0 Å². The van der Waals surface area contributed by atoms with E-state index in [0.717, 1.165) is 11.3 Å². The van der Waals surface area contributed by atoms with E-state index < -0.39 is 0 Å². The fraction of sp³-hybridized carbons (Fsp3) is 0.421. The van der Waals surface area contributed by atoms with Gasteiger partial charge in [0.05, 0.1) is 0 Å². The fourth-order valence-electron chi connectivity index (χ4n) is 3.20. The number of aromatic nitrogens is 1. The van der Waals surface area contributed by atoms with Crippen LogP contribution in [0.3, 0.4) is 0 Å². The van der Waals surface area contributed by atoms with Gasteiger partial charge in [-0.25, -0.2) is 0 Å². The minimum Gasteiger partial charge on any atom is -0.399 e. The standard InChI is InChI=1S/C19H25N3/c1-14(2)22-11-9-16(10-12-22)19-8-5-17(13-21-19)15-3-6-18(20)7-4-15/h3-8,13-14,16H,9-12,20H2,1-2H3. The lowest BCUT2D eigenvalue weighted by Gasteiger charge is -2.34. The van der Waals surface area contributed by atoms with Gasteiger partial charge in [-0.2, -0.15) is 0 Å². The van der Waals surface area contributed by atoms with Crippen LogP contribution in [0.2, 0.25) is 0 Å². The predicted octanol–water partition coefficient (Wildman–Crippen LogP) is 3.92. The van der Waals surface area contributed by atoms with Gasteiger partial charge in [0.25, 0.3) is 0 Å². The molecule has 0 unspecified atom stereocenters. The first-order valence-electron chi connectivity index (χ1n) is 8.19. The van der Waals surface area contributed by atoms with Crippen molar-refractivity contribution in [2.75, 3.05) is 18.8 Å². The predicted molar refractivity (Wildman–Crippen MR) is 92.8 cm³/mol. The molecular weight excluding hydrogens is 270 g/mol. The van der Waals surface area contributed by atoms with Crippen LogP contribution in [0.4, 0.5) is 5.69 Å². The second-order valence-electron chi connectivity index (χ2n) is 6.50. The van der Waals surface area contributed by atoms with Crippen molar-refractivity contribution in [3.63, 3.8) is 0 Å². The van der Waals surface area contributed by atoms with Gasteiger partial charge in [-0.3, -0.25) is 4.98 Å². The topological polar surface area (TPSA) is 42.1 Å². The van der Waals surface area contributed by atoms with Crippen molar-refractivity contribution >= 4 is 5.69 Å². The molecule has 0 radical (unpaired) electrons. The van der Waals surface area contributed by atoms with Gasteiger partial charge >= 0.3 is 0 Å². The maximum atomic E-state index is 5.74. The lowest BCUT2D eigenvalue weighted by atomic mass is 9.92. The number of anilines is 1.